The van der Waals surface area contributed by atoms with Gasteiger partial charge in [0.2, 0.25) is 0 Å². The summed E-state index contributed by atoms with van der Waals surface area (Å²) in [6, 6.07) is 13.6. The molecule has 0 fully saturated rings. The lowest BCUT2D eigenvalue weighted by Crippen LogP contribution is -1.78. The fraction of sp³-hybridized carbons (Fsp3) is 0. The van der Waals surface area contributed by atoms with Crippen molar-refractivity contribution in [1.29, 1.82) is 5.26 Å². The van der Waals surface area contributed by atoms with Gasteiger partial charge in [-0.05, 0) is 29.8 Å². The largest absolute Gasteiger partial charge is 0.361 e. The SMILES string of the molecule is N#Cc1cccc(-c2ccc[nH]2)c1. The Labute approximate surface area is 76.5 Å². The van der Waals surface area contributed by atoms with Crippen molar-refractivity contribution in [2.24, 2.45) is 0 Å². The van der Waals surface area contributed by atoms with E-state index in [-0.39, 0.29) is 0 Å². The Morgan fingerprint density at radius 1 is 1.15 bits per heavy atom. The predicted molar refractivity (Wildman–Crippen MR) is 50.9 cm³/mol. The molecule has 0 atom stereocenters. The van der Waals surface area contributed by atoms with Gasteiger partial charge in [0.25, 0.3) is 0 Å². The van der Waals surface area contributed by atoms with E-state index in [2.05, 4.69) is 11.1 Å². The van der Waals surface area contributed by atoms with Gasteiger partial charge in [0.1, 0.15) is 0 Å². The second kappa shape index (κ2) is 3.16. The molecule has 0 saturated heterocycles. The van der Waals surface area contributed by atoms with Crippen molar-refractivity contribution in [3.05, 3.63) is 48.2 Å². The number of hydrogen-bond acceptors (Lipinski definition) is 1. The molecule has 0 spiro atoms. The molecule has 2 aromatic rings. The number of hydrogen-bond donors (Lipinski definition) is 1. The van der Waals surface area contributed by atoms with Crippen molar-refractivity contribution in [3.63, 3.8) is 0 Å². The molecule has 1 aromatic carbocycles. The zero-order valence-corrected chi connectivity index (χ0v) is 6.99. The molecule has 0 unspecified atom stereocenters. The highest BCUT2D eigenvalue weighted by Gasteiger charge is 1.97. The highest BCUT2D eigenvalue weighted by atomic mass is 14.7. The maximum absolute atomic E-state index is 8.70. The summed E-state index contributed by atoms with van der Waals surface area (Å²) in [6.07, 6.45) is 1.87. The van der Waals surface area contributed by atoms with Crippen LogP contribution in [0.2, 0.25) is 0 Å². The Morgan fingerprint density at radius 2 is 2.08 bits per heavy atom. The van der Waals surface area contributed by atoms with E-state index in [1.807, 2.05) is 36.5 Å². The van der Waals surface area contributed by atoms with Crippen LogP contribution in [-0.4, -0.2) is 4.98 Å². The van der Waals surface area contributed by atoms with Crippen LogP contribution < -0.4 is 0 Å². The van der Waals surface area contributed by atoms with Gasteiger partial charge in [-0.1, -0.05) is 12.1 Å². The smallest absolute Gasteiger partial charge is 0.0991 e. The highest BCUT2D eigenvalue weighted by molar-refractivity contribution is 5.61. The van der Waals surface area contributed by atoms with Gasteiger partial charge in [0, 0.05) is 11.9 Å². The number of rotatable bonds is 1. The number of aromatic nitrogens is 1. The summed E-state index contributed by atoms with van der Waals surface area (Å²) in [6.45, 7) is 0. The third-order valence-corrected chi connectivity index (χ3v) is 1.90. The van der Waals surface area contributed by atoms with Crippen molar-refractivity contribution in [1.82, 2.24) is 4.98 Å². The first kappa shape index (κ1) is 7.63. The maximum atomic E-state index is 8.70. The zero-order valence-electron chi connectivity index (χ0n) is 6.99. The van der Waals surface area contributed by atoms with Gasteiger partial charge in [0.15, 0.2) is 0 Å². The van der Waals surface area contributed by atoms with Crippen LogP contribution in [0.25, 0.3) is 11.3 Å². The monoisotopic (exact) mass is 168 g/mol. The quantitative estimate of drug-likeness (QED) is 0.698. The Morgan fingerprint density at radius 3 is 2.77 bits per heavy atom. The molecule has 0 aliphatic heterocycles. The van der Waals surface area contributed by atoms with E-state index in [1.54, 1.807) is 6.07 Å². The van der Waals surface area contributed by atoms with E-state index in [9.17, 15) is 0 Å². The van der Waals surface area contributed by atoms with Gasteiger partial charge >= 0.3 is 0 Å². The lowest BCUT2D eigenvalue weighted by Gasteiger charge is -1.97. The summed E-state index contributed by atoms with van der Waals surface area (Å²) in [4.78, 5) is 3.10. The molecule has 1 N–H and O–H groups in total. The number of H-pyrrole nitrogens is 1. The molecule has 0 radical (unpaired) electrons. The first-order valence-corrected chi connectivity index (χ1v) is 4.04. The first-order valence-electron chi connectivity index (χ1n) is 4.04. The second-order valence-corrected chi connectivity index (χ2v) is 2.78. The molecule has 13 heavy (non-hydrogen) atoms. The Kier molecular flexibility index (Phi) is 1.85. The number of nitrogens with zero attached hydrogens (tertiary/aromatic N) is 1. The van der Waals surface area contributed by atoms with E-state index >= 15 is 0 Å². The van der Waals surface area contributed by atoms with Gasteiger partial charge in [-0.15, -0.1) is 0 Å². The van der Waals surface area contributed by atoms with Crippen LogP contribution in [0.1, 0.15) is 5.56 Å². The minimum Gasteiger partial charge on any atom is -0.361 e. The van der Waals surface area contributed by atoms with Crippen LogP contribution >= 0.6 is 0 Å². The molecule has 2 heteroatoms. The Bertz CT molecular complexity index is 435. The van der Waals surface area contributed by atoms with Crippen LogP contribution in [0.4, 0.5) is 0 Å². The third kappa shape index (κ3) is 1.45. The fourth-order valence-corrected chi connectivity index (χ4v) is 1.27. The second-order valence-electron chi connectivity index (χ2n) is 2.78. The van der Waals surface area contributed by atoms with Crippen molar-refractivity contribution < 1.29 is 0 Å². The highest BCUT2D eigenvalue weighted by Crippen LogP contribution is 2.17. The number of nitrogens with one attached hydrogen (secondary N) is 1. The van der Waals surface area contributed by atoms with E-state index < -0.39 is 0 Å². The van der Waals surface area contributed by atoms with Crippen molar-refractivity contribution in [2.75, 3.05) is 0 Å². The molecular formula is C11H8N2. The lowest BCUT2D eigenvalue weighted by molar-refractivity contribution is 1.39. The zero-order chi connectivity index (χ0) is 9.10. The van der Waals surface area contributed by atoms with Gasteiger partial charge in [-0.3, -0.25) is 0 Å². The van der Waals surface area contributed by atoms with Crippen LogP contribution in [0.15, 0.2) is 42.6 Å². The van der Waals surface area contributed by atoms with Crippen LogP contribution in [-0.2, 0) is 0 Å². The molecule has 0 saturated carbocycles. The molecule has 62 valence electrons. The van der Waals surface area contributed by atoms with Crippen molar-refractivity contribution >= 4 is 0 Å². The molecule has 0 amide bonds. The summed E-state index contributed by atoms with van der Waals surface area (Å²) < 4.78 is 0. The van der Waals surface area contributed by atoms with Gasteiger partial charge in [-0.25, -0.2) is 0 Å². The van der Waals surface area contributed by atoms with Gasteiger partial charge in [0.05, 0.1) is 11.6 Å². The predicted octanol–water partition coefficient (Wildman–Crippen LogP) is 2.55. The van der Waals surface area contributed by atoms with Crippen molar-refractivity contribution in [3.8, 4) is 17.3 Å². The molecule has 2 nitrogen and oxygen atoms in total. The molecule has 1 heterocycles. The average molecular weight is 168 g/mol. The van der Waals surface area contributed by atoms with E-state index in [0.29, 0.717) is 5.56 Å². The summed E-state index contributed by atoms with van der Waals surface area (Å²) in [5.74, 6) is 0. The summed E-state index contributed by atoms with van der Waals surface area (Å²) in [5, 5.41) is 8.70. The van der Waals surface area contributed by atoms with Crippen molar-refractivity contribution in [2.45, 2.75) is 0 Å². The molecule has 1 aromatic heterocycles. The van der Waals surface area contributed by atoms with Crippen LogP contribution in [0, 0.1) is 11.3 Å². The number of benzene rings is 1. The fourth-order valence-electron chi connectivity index (χ4n) is 1.27. The molecular weight excluding hydrogens is 160 g/mol. The normalized spacial score (nSPS) is 9.46. The number of nitriles is 1. The maximum Gasteiger partial charge on any atom is 0.0991 e. The van der Waals surface area contributed by atoms with Crippen LogP contribution in [0.5, 0.6) is 0 Å². The Balaban J connectivity index is 2.49. The van der Waals surface area contributed by atoms with E-state index in [0.717, 1.165) is 11.3 Å². The summed E-state index contributed by atoms with van der Waals surface area (Å²) >= 11 is 0. The minimum atomic E-state index is 0.687. The first-order chi connectivity index (χ1) is 6.40. The average Bonchev–Trinajstić information content (AvgIpc) is 2.71. The topological polar surface area (TPSA) is 39.6 Å². The molecule has 0 aliphatic carbocycles. The molecule has 0 aliphatic rings. The van der Waals surface area contributed by atoms with E-state index in [4.69, 9.17) is 5.26 Å². The lowest BCUT2D eigenvalue weighted by atomic mass is 10.1. The Hall–Kier alpha value is -2.01. The minimum absolute atomic E-state index is 0.687. The van der Waals surface area contributed by atoms with Gasteiger partial charge in [-0.2, -0.15) is 5.26 Å². The third-order valence-electron chi connectivity index (χ3n) is 1.90. The summed E-state index contributed by atoms with van der Waals surface area (Å²) in [5.41, 5.74) is 2.77. The number of aromatic amines is 1. The van der Waals surface area contributed by atoms with Gasteiger partial charge < -0.3 is 4.98 Å². The molecule has 2 rings (SSSR count). The van der Waals surface area contributed by atoms with E-state index in [1.165, 1.54) is 0 Å². The van der Waals surface area contributed by atoms with Crippen LogP contribution in [0.3, 0.4) is 0 Å². The summed E-state index contributed by atoms with van der Waals surface area (Å²) in [7, 11) is 0. The molecule has 0 bridgehead atoms. The standard InChI is InChI=1S/C11H8N2/c12-8-9-3-1-4-10(7-9)11-5-2-6-13-11/h1-7,13H.